The van der Waals surface area contributed by atoms with Gasteiger partial charge in [0.1, 0.15) is 5.75 Å². The number of methoxy groups -OCH3 is 2. The second-order valence-corrected chi connectivity index (χ2v) is 10.0. The Balaban J connectivity index is 1.37. The first-order valence-electron chi connectivity index (χ1n) is 12.7. The molecule has 4 heteroatoms. The molecule has 1 aliphatic heterocycles. The van der Waals surface area contributed by atoms with Gasteiger partial charge in [-0.05, 0) is 84.9 Å². The van der Waals surface area contributed by atoms with Gasteiger partial charge in [-0.15, -0.1) is 0 Å². The van der Waals surface area contributed by atoms with Crippen molar-refractivity contribution >= 4 is 5.69 Å². The minimum atomic E-state index is -0.101. The van der Waals surface area contributed by atoms with Gasteiger partial charge in [-0.2, -0.15) is 0 Å². The number of anilines is 1. The quantitative estimate of drug-likeness (QED) is 0.534. The highest BCUT2D eigenvalue weighted by molar-refractivity contribution is 5.51. The van der Waals surface area contributed by atoms with Gasteiger partial charge in [-0.3, -0.25) is 0 Å². The predicted octanol–water partition coefficient (Wildman–Crippen LogP) is 6.05. The van der Waals surface area contributed by atoms with E-state index in [0.29, 0.717) is 29.4 Å². The van der Waals surface area contributed by atoms with Gasteiger partial charge >= 0.3 is 0 Å². The summed E-state index contributed by atoms with van der Waals surface area (Å²) in [5, 5.41) is 10.1. The highest BCUT2D eigenvalue weighted by Gasteiger charge is 2.35. The molecular formula is C30H37NO3. The van der Waals surface area contributed by atoms with Crippen LogP contribution in [0.2, 0.25) is 0 Å². The molecule has 0 bridgehead atoms. The van der Waals surface area contributed by atoms with E-state index in [0.717, 1.165) is 45.2 Å². The van der Waals surface area contributed by atoms with E-state index in [4.69, 9.17) is 9.47 Å². The van der Waals surface area contributed by atoms with Gasteiger partial charge in [-0.25, -0.2) is 0 Å². The molecule has 34 heavy (non-hydrogen) atoms. The van der Waals surface area contributed by atoms with Crippen molar-refractivity contribution in [2.45, 2.75) is 44.3 Å². The largest absolute Gasteiger partial charge is 0.508 e. The summed E-state index contributed by atoms with van der Waals surface area (Å²) in [6.45, 7) is 2.06. The van der Waals surface area contributed by atoms with Crippen molar-refractivity contribution in [2.75, 3.05) is 32.2 Å². The summed E-state index contributed by atoms with van der Waals surface area (Å²) in [6, 6.07) is 15.3. The van der Waals surface area contributed by atoms with Crippen LogP contribution in [0.4, 0.5) is 5.69 Å². The van der Waals surface area contributed by atoms with Crippen molar-refractivity contribution in [3.05, 3.63) is 83.5 Å². The number of rotatable bonds is 6. The molecule has 0 amide bonds. The molecule has 2 aliphatic carbocycles. The van der Waals surface area contributed by atoms with Gasteiger partial charge in [0.25, 0.3) is 0 Å². The Kier molecular flexibility index (Phi) is 7.07. The zero-order valence-electron chi connectivity index (χ0n) is 20.4. The molecule has 5 rings (SSSR count). The summed E-state index contributed by atoms with van der Waals surface area (Å²) in [5.41, 5.74) is 5.37. The third-order valence-electron chi connectivity index (χ3n) is 8.21. The Morgan fingerprint density at radius 2 is 1.71 bits per heavy atom. The fourth-order valence-electron chi connectivity index (χ4n) is 6.44. The van der Waals surface area contributed by atoms with E-state index in [1.54, 1.807) is 14.2 Å². The second kappa shape index (κ2) is 10.4. The second-order valence-electron chi connectivity index (χ2n) is 10.0. The Labute approximate surface area is 203 Å². The Hall–Kier alpha value is -2.56. The molecule has 4 nitrogen and oxygen atoms in total. The number of phenols is 1. The Bertz CT molecular complexity index is 1020. The van der Waals surface area contributed by atoms with Gasteiger partial charge < -0.3 is 19.5 Å². The van der Waals surface area contributed by atoms with Crippen LogP contribution in [0.1, 0.15) is 48.3 Å². The smallest absolute Gasteiger partial charge is 0.159 e. The topological polar surface area (TPSA) is 41.9 Å². The number of hydrogen-bond donors (Lipinski definition) is 1. The number of ether oxygens (including phenoxy) is 2. The molecule has 0 aromatic heterocycles. The first-order chi connectivity index (χ1) is 16.7. The van der Waals surface area contributed by atoms with Crippen molar-refractivity contribution in [1.29, 1.82) is 0 Å². The first-order valence-corrected chi connectivity index (χ1v) is 12.7. The lowest BCUT2D eigenvalue weighted by atomic mass is 9.66. The highest BCUT2D eigenvalue weighted by atomic mass is 16.7. The van der Waals surface area contributed by atoms with Gasteiger partial charge in [0.15, 0.2) is 6.29 Å². The summed E-state index contributed by atoms with van der Waals surface area (Å²) in [7, 11) is 3.47. The van der Waals surface area contributed by atoms with Crippen LogP contribution < -0.4 is 4.90 Å². The van der Waals surface area contributed by atoms with E-state index in [2.05, 4.69) is 59.5 Å². The summed E-state index contributed by atoms with van der Waals surface area (Å²) < 4.78 is 11.0. The molecule has 1 fully saturated rings. The molecule has 1 N–H and O–H groups in total. The van der Waals surface area contributed by atoms with Crippen molar-refractivity contribution in [2.24, 2.45) is 17.8 Å². The molecular weight excluding hydrogens is 422 g/mol. The molecule has 3 atom stereocenters. The highest BCUT2D eigenvalue weighted by Crippen LogP contribution is 2.47. The fraction of sp³-hybridized carbons (Fsp3) is 0.467. The van der Waals surface area contributed by atoms with E-state index in [1.807, 2.05) is 12.1 Å². The molecule has 0 spiro atoms. The number of nitrogens with zero attached hydrogens (tertiary/aromatic N) is 1. The number of hydrogen-bond acceptors (Lipinski definition) is 4. The average molecular weight is 460 g/mol. The number of allylic oxidation sites excluding steroid dienone is 4. The minimum Gasteiger partial charge on any atom is -0.508 e. The molecule has 3 aliphatic rings. The number of aromatic hydroxyl groups is 1. The van der Waals surface area contributed by atoms with Crippen molar-refractivity contribution in [3.63, 3.8) is 0 Å². The zero-order valence-corrected chi connectivity index (χ0v) is 20.4. The lowest BCUT2D eigenvalue weighted by Gasteiger charge is -2.39. The number of fused-ring (bicyclic) bond motifs is 1. The van der Waals surface area contributed by atoms with Crippen molar-refractivity contribution < 1.29 is 14.6 Å². The van der Waals surface area contributed by atoms with E-state index in [9.17, 15) is 5.11 Å². The van der Waals surface area contributed by atoms with E-state index in [1.165, 1.54) is 22.4 Å². The minimum absolute atomic E-state index is 0.101. The van der Waals surface area contributed by atoms with E-state index >= 15 is 0 Å². The Morgan fingerprint density at radius 3 is 2.38 bits per heavy atom. The molecule has 0 saturated carbocycles. The number of benzene rings is 2. The zero-order chi connectivity index (χ0) is 23.5. The predicted molar refractivity (Wildman–Crippen MR) is 137 cm³/mol. The van der Waals surface area contributed by atoms with Crippen LogP contribution in [0.3, 0.4) is 0 Å². The molecule has 2 aromatic rings. The maximum atomic E-state index is 10.1. The summed E-state index contributed by atoms with van der Waals surface area (Å²) in [6.07, 6.45) is 14.4. The first kappa shape index (κ1) is 23.2. The number of phenolic OH excluding ortho intramolecular Hbond substituents is 1. The standard InChI is InChI=1S/C30H37NO3/c1-33-30(34-2)23-16-18-31(19-17-23)25-11-8-22(9-12-25)29-27(21-6-4-3-5-7-21)14-10-24-20-26(32)13-15-28(24)29/h3-6,8-9,11-13,15,20-21,23,27,29-30,32H,7,10,14,16-19H2,1-2H3/t21?,27-,29+/m1/s1. The van der Waals surface area contributed by atoms with Crippen molar-refractivity contribution in [1.82, 2.24) is 0 Å². The van der Waals surface area contributed by atoms with Crippen LogP contribution in [-0.2, 0) is 15.9 Å². The van der Waals surface area contributed by atoms with Gasteiger partial charge in [0, 0.05) is 44.8 Å². The molecule has 1 unspecified atom stereocenters. The monoisotopic (exact) mass is 459 g/mol. The van der Waals surface area contributed by atoms with Crippen LogP contribution in [0.5, 0.6) is 5.75 Å². The van der Waals surface area contributed by atoms with Crippen LogP contribution in [0, 0.1) is 17.8 Å². The third-order valence-corrected chi connectivity index (χ3v) is 8.21. The number of piperidine rings is 1. The molecule has 0 radical (unpaired) electrons. The van der Waals surface area contributed by atoms with Gasteiger partial charge in [-0.1, -0.05) is 42.5 Å². The van der Waals surface area contributed by atoms with Crippen LogP contribution in [-0.4, -0.2) is 38.7 Å². The van der Waals surface area contributed by atoms with E-state index in [-0.39, 0.29) is 6.29 Å². The lowest BCUT2D eigenvalue weighted by Crippen LogP contribution is -2.39. The van der Waals surface area contributed by atoms with Gasteiger partial charge in [0.2, 0.25) is 0 Å². The maximum Gasteiger partial charge on any atom is 0.159 e. The van der Waals surface area contributed by atoms with Gasteiger partial charge in [0.05, 0.1) is 0 Å². The summed E-state index contributed by atoms with van der Waals surface area (Å²) in [5.74, 6) is 2.32. The van der Waals surface area contributed by atoms with Crippen molar-refractivity contribution in [3.8, 4) is 5.75 Å². The molecule has 1 saturated heterocycles. The van der Waals surface area contributed by atoms with Crippen LogP contribution in [0.25, 0.3) is 0 Å². The number of aryl methyl sites for hydroxylation is 1. The fourth-order valence-corrected chi connectivity index (χ4v) is 6.44. The molecule has 2 aromatic carbocycles. The normalized spacial score (nSPS) is 25.0. The van der Waals surface area contributed by atoms with Crippen LogP contribution >= 0.6 is 0 Å². The molecule has 1 heterocycles. The average Bonchev–Trinajstić information content (AvgIpc) is 2.90. The summed E-state index contributed by atoms with van der Waals surface area (Å²) in [4.78, 5) is 2.49. The van der Waals surface area contributed by atoms with Crippen LogP contribution in [0.15, 0.2) is 66.8 Å². The van der Waals surface area contributed by atoms with E-state index < -0.39 is 0 Å². The lowest BCUT2D eigenvalue weighted by molar-refractivity contribution is -0.141. The SMILES string of the molecule is COC(OC)C1CCN(c2ccc([C@@H]3c4ccc(O)cc4CC[C@@H]3C3C=CC=CC3)cc2)CC1. The third kappa shape index (κ3) is 4.67. The molecule has 180 valence electrons. The summed E-state index contributed by atoms with van der Waals surface area (Å²) >= 11 is 0. The Morgan fingerprint density at radius 1 is 0.941 bits per heavy atom. The maximum absolute atomic E-state index is 10.1.